The van der Waals surface area contributed by atoms with E-state index in [1.807, 2.05) is 0 Å². The fraction of sp³-hybridized carbons (Fsp3) is 0.533. The van der Waals surface area contributed by atoms with Crippen molar-refractivity contribution in [2.45, 2.75) is 43.7 Å². The number of ether oxygens (including phenoxy) is 1. The first-order valence-electron chi connectivity index (χ1n) is 6.95. The number of benzene rings is 1. The number of halogens is 3. The third kappa shape index (κ3) is 2.59. The van der Waals surface area contributed by atoms with Gasteiger partial charge in [-0.3, -0.25) is 4.79 Å². The summed E-state index contributed by atoms with van der Waals surface area (Å²) in [7, 11) is 0.857. The highest BCUT2D eigenvalue weighted by molar-refractivity contribution is 5.86. The van der Waals surface area contributed by atoms with Crippen LogP contribution in [0.2, 0.25) is 0 Å². The van der Waals surface area contributed by atoms with Crippen molar-refractivity contribution in [2.75, 3.05) is 7.11 Å². The Labute approximate surface area is 126 Å². The minimum absolute atomic E-state index is 0.291. The quantitative estimate of drug-likeness (QED) is 0.894. The molecule has 2 rings (SSSR count). The predicted molar refractivity (Wildman–Crippen MR) is 73.1 cm³/mol. The molecular formula is C15H18F3NO3. The Kier molecular flexibility index (Phi) is 4.49. The SMILES string of the molecule is CCC(OC)(C(=O)N[C@@H]1c2ccccc2CC1O)C(F)(F)F. The highest BCUT2D eigenvalue weighted by Gasteiger charge is 2.60. The van der Waals surface area contributed by atoms with Crippen LogP contribution in [0.4, 0.5) is 13.2 Å². The average molecular weight is 317 g/mol. The van der Waals surface area contributed by atoms with E-state index in [9.17, 15) is 23.1 Å². The molecular weight excluding hydrogens is 299 g/mol. The lowest BCUT2D eigenvalue weighted by atomic mass is 9.97. The molecule has 2 unspecified atom stereocenters. The number of carbonyl (C=O) groups excluding carboxylic acids is 1. The summed E-state index contributed by atoms with van der Waals surface area (Å²) in [5, 5.41) is 12.3. The van der Waals surface area contributed by atoms with Gasteiger partial charge in [-0.25, -0.2) is 0 Å². The van der Waals surface area contributed by atoms with Crippen LogP contribution in [0.15, 0.2) is 24.3 Å². The second kappa shape index (κ2) is 5.89. The van der Waals surface area contributed by atoms with Gasteiger partial charge in [0, 0.05) is 13.5 Å². The van der Waals surface area contributed by atoms with E-state index in [4.69, 9.17) is 0 Å². The second-order valence-electron chi connectivity index (χ2n) is 5.30. The van der Waals surface area contributed by atoms with Crippen LogP contribution >= 0.6 is 0 Å². The Balaban J connectivity index is 2.28. The summed E-state index contributed by atoms with van der Waals surface area (Å²) in [5.41, 5.74) is -1.47. The van der Waals surface area contributed by atoms with Crippen LogP contribution < -0.4 is 5.32 Å². The average Bonchev–Trinajstić information content (AvgIpc) is 2.76. The maximum absolute atomic E-state index is 13.2. The number of rotatable bonds is 4. The van der Waals surface area contributed by atoms with Crippen molar-refractivity contribution in [1.29, 1.82) is 0 Å². The molecule has 2 N–H and O–H groups in total. The van der Waals surface area contributed by atoms with Gasteiger partial charge >= 0.3 is 6.18 Å². The standard InChI is InChI=1S/C15H18F3NO3/c1-3-14(22-2,15(16,17)18)13(21)19-12-10-7-5-4-6-9(10)8-11(12)20/h4-7,11-12,20H,3,8H2,1-2H3,(H,19,21)/t11?,12-,14?/m1/s1. The number of fused-ring (bicyclic) bond motifs is 1. The minimum Gasteiger partial charge on any atom is -0.390 e. The van der Waals surface area contributed by atoms with Crippen molar-refractivity contribution in [1.82, 2.24) is 5.32 Å². The number of methoxy groups -OCH3 is 1. The number of aliphatic hydroxyl groups is 1. The lowest BCUT2D eigenvalue weighted by Gasteiger charge is -2.33. The van der Waals surface area contributed by atoms with Gasteiger partial charge in [0.1, 0.15) is 0 Å². The van der Waals surface area contributed by atoms with Gasteiger partial charge in [0.05, 0.1) is 12.1 Å². The molecule has 0 aliphatic heterocycles. The first-order chi connectivity index (χ1) is 10.3. The Morgan fingerprint density at radius 1 is 1.41 bits per heavy atom. The van der Waals surface area contributed by atoms with Crippen molar-refractivity contribution >= 4 is 5.91 Å². The van der Waals surface area contributed by atoms with Crippen LogP contribution in [0.5, 0.6) is 0 Å². The summed E-state index contributed by atoms with van der Waals surface area (Å²) in [5.74, 6) is -1.29. The molecule has 0 radical (unpaired) electrons. The molecule has 3 atom stereocenters. The van der Waals surface area contributed by atoms with E-state index >= 15 is 0 Å². The largest absolute Gasteiger partial charge is 0.426 e. The van der Waals surface area contributed by atoms with Gasteiger partial charge < -0.3 is 15.2 Å². The van der Waals surface area contributed by atoms with Crippen LogP contribution in [0.1, 0.15) is 30.5 Å². The van der Waals surface area contributed by atoms with Gasteiger partial charge in [-0.1, -0.05) is 31.2 Å². The van der Waals surface area contributed by atoms with Crippen LogP contribution in [-0.4, -0.2) is 36.0 Å². The highest BCUT2D eigenvalue weighted by Crippen LogP contribution is 2.38. The minimum atomic E-state index is -4.84. The van der Waals surface area contributed by atoms with Gasteiger partial charge in [0.25, 0.3) is 5.91 Å². The molecule has 0 saturated heterocycles. The molecule has 1 aromatic rings. The van der Waals surface area contributed by atoms with E-state index in [0.717, 1.165) is 12.7 Å². The van der Waals surface area contributed by atoms with Gasteiger partial charge in [-0.2, -0.15) is 13.2 Å². The monoisotopic (exact) mass is 317 g/mol. The zero-order chi connectivity index (χ0) is 16.5. The molecule has 4 nitrogen and oxygen atoms in total. The van der Waals surface area contributed by atoms with E-state index in [0.29, 0.717) is 12.0 Å². The Morgan fingerprint density at radius 3 is 2.59 bits per heavy atom. The molecule has 1 aliphatic rings. The first-order valence-corrected chi connectivity index (χ1v) is 6.95. The lowest BCUT2D eigenvalue weighted by Crippen LogP contribution is -2.59. The second-order valence-corrected chi connectivity index (χ2v) is 5.30. The molecule has 1 aromatic carbocycles. The third-order valence-corrected chi connectivity index (χ3v) is 4.16. The van der Waals surface area contributed by atoms with Gasteiger partial charge in [0.2, 0.25) is 5.60 Å². The molecule has 1 aliphatic carbocycles. The molecule has 0 saturated carbocycles. The number of nitrogens with one attached hydrogen (secondary N) is 1. The summed E-state index contributed by atoms with van der Waals surface area (Å²) in [6.07, 6.45) is -6.06. The Morgan fingerprint density at radius 2 is 2.05 bits per heavy atom. The number of alkyl halides is 3. The Bertz CT molecular complexity index is 555. The topological polar surface area (TPSA) is 58.6 Å². The zero-order valence-corrected chi connectivity index (χ0v) is 12.3. The van der Waals surface area contributed by atoms with E-state index in [1.165, 1.54) is 6.92 Å². The van der Waals surface area contributed by atoms with Gasteiger partial charge in [-0.05, 0) is 17.5 Å². The number of carbonyl (C=O) groups is 1. The molecule has 0 heterocycles. The van der Waals surface area contributed by atoms with E-state index in [1.54, 1.807) is 24.3 Å². The van der Waals surface area contributed by atoms with Crippen molar-refractivity contribution in [3.63, 3.8) is 0 Å². The molecule has 122 valence electrons. The molecule has 0 aromatic heterocycles. The fourth-order valence-corrected chi connectivity index (χ4v) is 2.85. The predicted octanol–water partition coefficient (Wildman–Crippen LogP) is 2.12. The van der Waals surface area contributed by atoms with Crippen molar-refractivity contribution < 1.29 is 27.8 Å². The van der Waals surface area contributed by atoms with Crippen molar-refractivity contribution in [3.05, 3.63) is 35.4 Å². The Hall–Kier alpha value is -1.60. The fourth-order valence-electron chi connectivity index (χ4n) is 2.85. The normalized spacial score (nSPS) is 23.7. The summed E-state index contributed by atoms with van der Waals surface area (Å²) in [6, 6.07) is 6.08. The number of hydrogen-bond acceptors (Lipinski definition) is 3. The van der Waals surface area contributed by atoms with Crippen LogP contribution in [-0.2, 0) is 16.0 Å². The third-order valence-electron chi connectivity index (χ3n) is 4.16. The van der Waals surface area contributed by atoms with Crippen molar-refractivity contribution in [3.8, 4) is 0 Å². The van der Waals surface area contributed by atoms with Crippen LogP contribution in [0.3, 0.4) is 0 Å². The summed E-state index contributed by atoms with van der Waals surface area (Å²) < 4.78 is 44.3. The van der Waals surface area contributed by atoms with Crippen LogP contribution in [0.25, 0.3) is 0 Å². The van der Waals surface area contributed by atoms with E-state index in [-0.39, 0.29) is 0 Å². The molecule has 0 bridgehead atoms. The lowest BCUT2D eigenvalue weighted by molar-refractivity contribution is -0.261. The van der Waals surface area contributed by atoms with Crippen molar-refractivity contribution in [2.24, 2.45) is 0 Å². The van der Waals surface area contributed by atoms with Crippen LogP contribution in [0, 0.1) is 0 Å². The molecule has 7 heteroatoms. The van der Waals surface area contributed by atoms with Gasteiger partial charge in [-0.15, -0.1) is 0 Å². The molecule has 0 fully saturated rings. The molecule has 0 spiro atoms. The zero-order valence-electron chi connectivity index (χ0n) is 12.3. The van der Waals surface area contributed by atoms with E-state index < -0.39 is 36.3 Å². The number of aliphatic hydroxyl groups excluding tert-OH is 1. The first kappa shape index (κ1) is 16.8. The summed E-state index contributed by atoms with van der Waals surface area (Å²) in [6.45, 7) is 1.23. The molecule has 1 amide bonds. The highest BCUT2D eigenvalue weighted by atomic mass is 19.4. The summed E-state index contributed by atoms with van der Waals surface area (Å²) in [4.78, 5) is 12.2. The number of amides is 1. The summed E-state index contributed by atoms with van der Waals surface area (Å²) >= 11 is 0. The van der Waals surface area contributed by atoms with E-state index in [2.05, 4.69) is 10.1 Å². The van der Waals surface area contributed by atoms with Gasteiger partial charge in [0.15, 0.2) is 0 Å². The smallest absolute Gasteiger partial charge is 0.390 e. The molecule has 22 heavy (non-hydrogen) atoms. The maximum atomic E-state index is 13.2. The number of hydrogen-bond donors (Lipinski definition) is 2. The maximum Gasteiger partial charge on any atom is 0.426 e.